The van der Waals surface area contributed by atoms with E-state index < -0.39 is 9.84 Å². The molecule has 0 heterocycles. The molecule has 6 heteroatoms. The van der Waals surface area contributed by atoms with Crippen molar-refractivity contribution in [1.29, 1.82) is 0 Å². The van der Waals surface area contributed by atoms with Crippen LogP contribution in [0.3, 0.4) is 0 Å². The van der Waals surface area contributed by atoms with Crippen molar-refractivity contribution in [3.8, 4) is 0 Å². The Bertz CT molecular complexity index is 223. The smallest absolute Gasteiger partial charge is 0.163 e. The first-order valence-electron chi connectivity index (χ1n) is 3.13. The van der Waals surface area contributed by atoms with Crippen molar-refractivity contribution in [2.24, 2.45) is 5.73 Å². The van der Waals surface area contributed by atoms with Crippen LogP contribution in [-0.4, -0.2) is 32.1 Å². The van der Waals surface area contributed by atoms with Crippen molar-refractivity contribution in [2.45, 2.75) is 6.42 Å². The maximum atomic E-state index is 10.6. The predicted octanol–water partition coefficient (Wildman–Crippen LogP) is -0.746. The van der Waals surface area contributed by atoms with Crippen molar-refractivity contribution < 1.29 is 8.42 Å². The zero-order valence-electron chi connectivity index (χ0n) is 6.33. The highest BCUT2D eigenvalue weighted by molar-refractivity contribution is 7.90. The third-order valence-electron chi connectivity index (χ3n) is 0.991. The Balaban J connectivity index is 3.37. The van der Waals surface area contributed by atoms with Crippen LogP contribution < -0.4 is 11.1 Å². The Hall–Kier alpha value is -0.360. The highest BCUT2D eigenvalue weighted by atomic mass is 32.2. The first kappa shape index (κ1) is 10.6. The Morgan fingerprint density at radius 2 is 2.18 bits per heavy atom. The molecule has 0 unspecified atom stereocenters. The molecule has 0 rings (SSSR count). The summed E-state index contributed by atoms with van der Waals surface area (Å²) in [4.78, 5) is 0. The van der Waals surface area contributed by atoms with Crippen LogP contribution in [0.1, 0.15) is 6.42 Å². The second-order valence-corrected chi connectivity index (χ2v) is 4.97. The average Bonchev–Trinajstić information content (AvgIpc) is 1.78. The lowest BCUT2D eigenvalue weighted by Crippen LogP contribution is -2.30. The zero-order valence-corrected chi connectivity index (χ0v) is 7.96. The van der Waals surface area contributed by atoms with E-state index in [1.807, 2.05) is 0 Å². The van der Waals surface area contributed by atoms with Crippen LogP contribution in [0.4, 0.5) is 0 Å². The lowest BCUT2D eigenvalue weighted by molar-refractivity contribution is 0.598. The largest absolute Gasteiger partial charge is 0.376 e. The van der Waals surface area contributed by atoms with Crippen LogP contribution in [-0.2, 0) is 9.84 Å². The fraction of sp³-hybridized carbons (Fsp3) is 0.800. The third-order valence-corrected chi connectivity index (χ3v) is 2.17. The Morgan fingerprint density at radius 3 is 2.55 bits per heavy atom. The van der Waals surface area contributed by atoms with Crippen LogP contribution in [0.15, 0.2) is 0 Å². The molecule has 0 saturated heterocycles. The van der Waals surface area contributed by atoms with E-state index in [9.17, 15) is 8.42 Å². The minimum Gasteiger partial charge on any atom is -0.376 e. The normalized spacial score (nSPS) is 11.0. The molecule has 0 aliphatic carbocycles. The first-order chi connectivity index (χ1) is 4.92. The van der Waals surface area contributed by atoms with Gasteiger partial charge in [0.2, 0.25) is 0 Å². The number of rotatable bonds is 4. The number of hydrogen-bond acceptors (Lipinski definition) is 3. The molecular weight excluding hydrogens is 184 g/mol. The minimum atomic E-state index is -2.85. The van der Waals surface area contributed by atoms with Gasteiger partial charge in [-0.1, -0.05) is 0 Å². The number of hydrogen-bond donors (Lipinski definition) is 2. The molecule has 0 saturated carbocycles. The molecule has 11 heavy (non-hydrogen) atoms. The van der Waals surface area contributed by atoms with E-state index >= 15 is 0 Å². The van der Waals surface area contributed by atoms with Crippen molar-refractivity contribution in [3.05, 3.63) is 0 Å². The number of thiocarbonyl (C=S) groups is 1. The molecule has 4 nitrogen and oxygen atoms in total. The van der Waals surface area contributed by atoms with Crippen LogP contribution in [0.2, 0.25) is 0 Å². The summed E-state index contributed by atoms with van der Waals surface area (Å²) < 4.78 is 21.2. The molecule has 3 N–H and O–H groups in total. The molecule has 0 fully saturated rings. The topological polar surface area (TPSA) is 72.2 Å². The highest BCUT2D eigenvalue weighted by Crippen LogP contribution is 1.86. The molecule has 66 valence electrons. The summed E-state index contributed by atoms with van der Waals surface area (Å²) >= 11 is 4.52. The molecule has 0 amide bonds. The first-order valence-corrected chi connectivity index (χ1v) is 5.60. The van der Waals surface area contributed by atoms with Crippen molar-refractivity contribution in [3.63, 3.8) is 0 Å². The number of nitrogens with one attached hydrogen (secondary N) is 1. The van der Waals surface area contributed by atoms with E-state index in [1.54, 1.807) is 0 Å². The summed E-state index contributed by atoms with van der Waals surface area (Å²) in [5, 5.41) is 2.87. The lowest BCUT2D eigenvalue weighted by atomic mass is 10.5. The van der Waals surface area contributed by atoms with Gasteiger partial charge in [-0.25, -0.2) is 8.42 Å². The number of nitrogens with two attached hydrogens (primary N) is 1. The van der Waals surface area contributed by atoms with E-state index in [0.29, 0.717) is 13.0 Å². The molecule has 0 aromatic rings. The van der Waals surface area contributed by atoms with E-state index in [2.05, 4.69) is 17.5 Å². The van der Waals surface area contributed by atoms with Crippen molar-refractivity contribution in [1.82, 2.24) is 5.32 Å². The second-order valence-electron chi connectivity index (χ2n) is 2.27. The molecule has 0 aliphatic heterocycles. The maximum absolute atomic E-state index is 10.6. The van der Waals surface area contributed by atoms with E-state index in [0.717, 1.165) is 0 Å². The summed E-state index contributed by atoms with van der Waals surface area (Å²) in [6, 6.07) is 0. The highest BCUT2D eigenvalue weighted by Gasteiger charge is 2.00. The summed E-state index contributed by atoms with van der Waals surface area (Å²) in [7, 11) is -2.85. The van der Waals surface area contributed by atoms with Gasteiger partial charge in [0.1, 0.15) is 9.84 Å². The number of sulfone groups is 1. The van der Waals surface area contributed by atoms with E-state index in [-0.39, 0.29) is 10.9 Å². The van der Waals surface area contributed by atoms with Gasteiger partial charge < -0.3 is 11.1 Å². The Kier molecular flexibility index (Phi) is 4.36. The van der Waals surface area contributed by atoms with E-state index in [4.69, 9.17) is 5.73 Å². The molecule has 0 aromatic heterocycles. The molecule has 0 bridgehead atoms. The second kappa shape index (κ2) is 4.50. The van der Waals surface area contributed by atoms with Gasteiger partial charge in [-0.05, 0) is 18.6 Å². The van der Waals surface area contributed by atoms with Crippen molar-refractivity contribution >= 4 is 27.2 Å². The molecule has 0 aromatic carbocycles. The van der Waals surface area contributed by atoms with Crippen LogP contribution in [0, 0.1) is 0 Å². The summed E-state index contributed by atoms with van der Waals surface area (Å²) in [6.07, 6.45) is 1.74. The predicted molar refractivity (Wildman–Crippen MR) is 49.1 cm³/mol. The molecule has 0 aliphatic rings. The summed E-state index contributed by atoms with van der Waals surface area (Å²) in [6.45, 7) is 0.516. The minimum absolute atomic E-state index is 0.169. The lowest BCUT2D eigenvalue weighted by Gasteiger charge is -2.01. The average molecular weight is 196 g/mol. The fourth-order valence-corrected chi connectivity index (χ4v) is 1.32. The van der Waals surface area contributed by atoms with Gasteiger partial charge in [0.05, 0.1) is 5.75 Å². The zero-order chi connectivity index (χ0) is 8.91. The fourth-order valence-electron chi connectivity index (χ4n) is 0.546. The van der Waals surface area contributed by atoms with Gasteiger partial charge in [0.15, 0.2) is 5.11 Å². The van der Waals surface area contributed by atoms with Gasteiger partial charge in [-0.3, -0.25) is 0 Å². The maximum Gasteiger partial charge on any atom is 0.163 e. The van der Waals surface area contributed by atoms with Gasteiger partial charge in [-0.2, -0.15) is 0 Å². The Labute approximate surface area is 72.1 Å². The van der Waals surface area contributed by atoms with Gasteiger partial charge in [0.25, 0.3) is 0 Å². The molecule has 0 spiro atoms. The van der Waals surface area contributed by atoms with Crippen LogP contribution >= 0.6 is 12.2 Å². The summed E-state index contributed by atoms with van der Waals surface area (Å²) in [5.74, 6) is 0.169. The standard InChI is InChI=1S/C5H12N2O2S2/c1-11(8,9)4-2-3-7-5(6)10/h2-4H2,1H3,(H3,6,7,10). The Morgan fingerprint density at radius 1 is 1.64 bits per heavy atom. The third kappa shape index (κ3) is 9.64. The molecular formula is C5H12N2O2S2. The molecule has 0 atom stereocenters. The van der Waals surface area contributed by atoms with Crippen LogP contribution in [0.25, 0.3) is 0 Å². The van der Waals surface area contributed by atoms with Gasteiger partial charge >= 0.3 is 0 Å². The molecule has 0 radical (unpaired) electrons. The van der Waals surface area contributed by atoms with Gasteiger partial charge in [-0.15, -0.1) is 0 Å². The summed E-state index contributed by atoms with van der Waals surface area (Å²) in [5.41, 5.74) is 5.11. The van der Waals surface area contributed by atoms with Crippen LogP contribution in [0.5, 0.6) is 0 Å². The quantitative estimate of drug-likeness (QED) is 0.457. The monoisotopic (exact) mass is 196 g/mol. The van der Waals surface area contributed by atoms with E-state index in [1.165, 1.54) is 6.26 Å². The van der Waals surface area contributed by atoms with Crippen molar-refractivity contribution in [2.75, 3.05) is 18.6 Å². The SMILES string of the molecule is CS(=O)(=O)CCCNC(N)=S. The van der Waals surface area contributed by atoms with Gasteiger partial charge in [0, 0.05) is 12.8 Å².